The molecule has 0 unspecified atom stereocenters. The molecule has 0 aromatic carbocycles. The number of aldehydes is 1. The molecule has 0 aliphatic heterocycles. The number of pyridine rings is 1. The van der Waals surface area contributed by atoms with Gasteiger partial charge in [-0.1, -0.05) is 17.7 Å². The minimum Gasteiger partial charge on any atom is -0.299 e. The summed E-state index contributed by atoms with van der Waals surface area (Å²) in [5.41, 5.74) is 0.800. The second-order valence-electron chi connectivity index (χ2n) is 1.89. The van der Waals surface area contributed by atoms with Gasteiger partial charge in [0.1, 0.15) is 6.29 Å². The van der Waals surface area contributed by atoms with Gasteiger partial charge in [-0.15, -0.1) is 0 Å². The monoisotopic (exact) mass is 167 g/mol. The lowest BCUT2D eigenvalue weighted by atomic mass is 10.2. The van der Waals surface area contributed by atoms with Gasteiger partial charge in [0, 0.05) is 12.4 Å². The Hall–Kier alpha value is -1.15. The zero-order chi connectivity index (χ0) is 8.10. The molecule has 0 aliphatic rings. The number of rotatable bonds is 2. The smallest absolute Gasteiger partial charge is 0.142 e. The van der Waals surface area contributed by atoms with Gasteiger partial charge >= 0.3 is 0 Å². The van der Waals surface area contributed by atoms with E-state index in [4.69, 9.17) is 11.6 Å². The van der Waals surface area contributed by atoms with Crippen molar-refractivity contribution in [1.82, 2.24) is 4.98 Å². The largest absolute Gasteiger partial charge is 0.299 e. The summed E-state index contributed by atoms with van der Waals surface area (Å²) < 4.78 is 0. The van der Waals surface area contributed by atoms with E-state index >= 15 is 0 Å². The molecule has 0 saturated carbocycles. The SMILES string of the molecule is O=C/C=C/c1ccncc1Cl. The van der Waals surface area contributed by atoms with Crippen LogP contribution in [0.25, 0.3) is 6.08 Å². The van der Waals surface area contributed by atoms with Crippen LogP contribution in [0.2, 0.25) is 5.02 Å². The van der Waals surface area contributed by atoms with Crippen molar-refractivity contribution in [1.29, 1.82) is 0 Å². The molecule has 11 heavy (non-hydrogen) atoms. The molecule has 1 heterocycles. The zero-order valence-corrected chi connectivity index (χ0v) is 6.45. The van der Waals surface area contributed by atoms with Gasteiger partial charge in [-0.3, -0.25) is 9.78 Å². The van der Waals surface area contributed by atoms with Gasteiger partial charge in [0.25, 0.3) is 0 Å². The Morgan fingerprint density at radius 3 is 3.00 bits per heavy atom. The van der Waals surface area contributed by atoms with E-state index in [1.165, 1.54) is 12.3 Å². The average molecular weight is 168 g/mol. The van der Waals surface area contributed by atoms with Crippen LogP contribution in [0.4, 0.5) is 0 Å². The lowest BCUT2D eigenvalue weighted by molar-refractivity contribution is -0.104. The first-order valence-electron chi connectivity index (χ1n) is 3.06. The van der Waals surface area contributed by atoms with Crippen molar-refractivity contribution >= 4 is 24.0 Å². The topological polar surface area (TPSA) is 30.0 Å². The summed E-state index contributed by atoms with van der Waals surface area (Å²) in [6.07, 6.45) is 6.89. The zero-order valence-electron chi connectivity index (χ0n) is 5.70. The Kier molecular flexibility index (Phi) is 2.81. The third-order valence-corrected chi connectivity index (χ3v) is 1.47. The number of hydrogen-bond donors (Lipinski definition) is 0. The molecule has 0 radical (unpaired) electrons. The molecular formula is C8H6ClNO. The van der Waals surface area contributed by atoms with Crippen molar-refractivity contribution in [2.75, 3.05) is 0 Å². The third kappa shape index (κ3) is 2.16. The van der Waals surface area contributed by atoms with Gasteiger partial charge in [-0.2, -0.15) is 0 Å². The number of halogens is 1. The molecule has 2 nitrogen and oxygen atoms in total. The summed E-state index contributed by atoms with van der Waals surface area (Å²) in [6, 6.07) is 1.74. The van der Waals surface area contributed by atoms with Crippen molar-refractivity contribution in [3.63, 3.8) is 0 Å². The van der Waals surface area contributed by atoms with Crippen LogP contribution in [0.1, 0.15) is 5.56 Å². The Morgan fingerprint density at radius 2 is 2.36 bits per heavy atom. The quantitative estimate of drug-likeness (QED) is 0.498. The fourth-order valence-corrected chi connectivity index (χ4v) is 0.846. The third-order valence-electron chi connectivity index (χ3n) is 1.16. The number of carbonyl (C=O) groups is 1. The van der Waals surface area contributed by atoms with Gasteiger partial charge in [0.15, 0.2) is 0 Å². The molecule has 1 aromatic rings. The van der Waals surface area contributed by atoms with Crippen molar-refractivity contribution < 1.29 is 4.79 Å². The predicted octanol–water partition coefficient (Wildman–Crippen LogP) is 1.95. The predicted molar refractivity (Wildman–Crippen MR) is 44.3 cm³/mol. The van der Waals surface area contributed by atoms with Gasteiger partial charge < -0.3 is 0 Å². The molecule has 1 rings (SSSR count). The molecule has 0 N–H and O–H groups in total. The summed E-state index contributed by atoms with van der Waals surface area (Å²) in [5.74, 6) is 0. The molecule has 3 heteroatoms. The van der Waals surface area contributed by atoms with E-state index in [0.29, 0.717) is 11.3 Å². The van der Waals surface area contributed by atoms with Gasteiger partial charge in [0.2, 0.25) is 0 Å². The van der Waals surface area contributed by atoms with Gasteiger partial charge in [-0.05, 0) is 17.7 Å². The number of carbonyl (C=O) groups excluding carboxylic acids is 1. The maximum absolute atomic E-state index is 9.94. The van der Waals surface area contributed by atoms with Crippen LogP contribution < -0.4 is 0 Å². The lowest BCUT2D eigenvalue weighted by Crippen LogP contribution is -1.76. The highest BCUT2D eigenvalue weighted by molar-refractivity contribution is 6.31. The van der Waals surface area contributed by atoms with Crippen molar-refractivity contribution in [2.45, 2.75) is 0 Å². The van der Waals surface area contributed by atoms with E-state index in [1.54, 1.807) is 18.3 Å². The number of hydrogen-bond acceptors (Lipinski definition) is 2. The minimum atomic E-state index is 0.547. The van der Waals surface area contributed by atoms with E-state index in [9.17, 15) is 4.79 Å². The van der Waals surface area contributed by atoms with Crippen LogP contribution in [0, 0.1) is 0 Å². The summed E-state index contributed by atoms with van der Waals surface area (Å²) in [6.45, 7) is 0. The number of nitrogens with zero attached hydrogens (tertiary/aromatic N) is 1. The average Bonchev–Trinajstić information content (AvgIpc) is 2.03. The molecule has 0 atom stereocenters. The van der Waals surface area contributed by atoms with Crippen LogP contribution in [-0.2, 0) is 4.79 Å². The van der Waals surface area contributed by atoms with Crippen molar-refractivity contribution in [2.24, 2.45) is 0 Å². The molecule has 0 saturated heterocycles. The van der Waals surface area contributed by atoms with E-state index in [2.05, 4.69) is 4.98 Å². The first-order chi connectivity index (χ1) is 5.34. The second-order valence-corrected chi connectivity index (χ2v) is 2.30. The van der Waals surface area contributed by atoms with Crippen molar-refractivity contribution in [3.8, 4) is 0 Å². The minimum absolute atomic E-state index is 0.547. The summed E-state index contributed by atoms with van der Waals surface area (Å²) in [4.78, 5) is 13.7. The van der Waals surface area contributed by atoms with Gasteiger partial charge in [-0.25, -0.2) is 0 Å². The molecule has 0 fully saturated rings. The van der Waals surface area contributed by atoms with E-state index in [0.717, 1.165) is 5.56 Å². The molecule has 0 bridgehead atoms. The highest BCUT2D eigenvalue weighted by Crippen LogP contribution is 2.14. The summed E-state index contributed by atoms with van der Waals surface area (Å²) >= 11 is 5.73. The maximum Gasteiger partial charge on any atom is 0.142 e. The first kappa shape index (κ1) is 7.95. The molecule has 0 spiro atoms. The Labute approximate surface area is 69.5 Å². The molecule has 0 amide bonds. The summed E-state index contributed by atoms with van der Waals surface area (Å²) in [5, 5.41) is 0.547. The van der Waals surface area contributed by atoms with E-state index < -0.39 is 0 Å². The van der Waals surface area contributed by atoms with Gasteiger partial charge in [0.05, 0.1) is 5.02 Å². The Bertz CT molecular complexity index is 283. The van der Waals surface area contributed by atoms with E-state index in [-0.39, 0.29) is 0 Å². The van der Waals surface area contributed by atoms with Crippen LogP contribution in [0.3, 0.4) is 0 Å². The fraction of sp³-hybridized carbons (Fsp3) is 0. The van der Waals surface area contributed by atoms with Crippen molar-refractivity contribution in [3.05, 3.63) is 35.1 Å². The number of aromatic nitrogens is 1. The lowest BCUT2D eigenvalue weighted by Gasteiger charge is -1.93. The normalized spacial score (nSPS) is 10.3. The molecule has 0 aliphatic carbocycles. The van der Waals surface area contributed by atoms with E-state index in [1.807, 2.05) is 0 Å². The number of allylic oxidation sites excluding steroid dienone is 1. The molecule has 56 valence electrons. The molecular weight excluding hydrogens is 162 g/mol. The van der Waals surface area contributed by atoms with Crippen LogP contribution in [0.15, 0.2) is 24.5 Å². The standard InChI is InChI=1S/C8H6ClNO/c9-8-6-10-4-3-7(8)2-1-5-11/h1-6H/b2-1+. The summed E-state index contributed by atoms with van der Waals surface area (Å²) in [7, 11) is 0. The Balaban J connectivity index is 2.94. The molecule has 1 aromatic heterocycles. The van der Waals surface area contributed by atoms with Crippen LogP contribution >= 0.6 is 11.6 Å². The fourth-order valence-electron chi connectivity index (χ4n) is 0.664. The Morgan fingerprint density at radius 1 is 1.55 bits per heavy atom. The maximum atomic E-state index is 9.94. The van der Waals surface area contributed by atoms with Crippen LogP contribution in [0.5, 0.6) is 0 Å². The second kappa shape index (κ2) is 3.88. The van der Waals surface area contributed by atoms with Crippen LogP contribution in [-0.4, -0.2) is 11.3 Å². The first-order valence-corrected chi connectivity index (χ1v) is 3.44. The highest BCUT2D eigenvalue weighted by Gasteiger charge is 1.92. The highest BCUT2D eigenvalue weighted by atomic mass is 35.5.